The topological polar surface area (TPSA) is 30.2 Å². The van der Waals surface area contributed by atoms with E-state index in [9.17, 15) is 0 Å². The summed E-state index contributed by atoms with van der Waals surface area (Å²) in [7, 11) is 0. The Bertz CT molecular complexity index is 518. The summed E-state index contributed by atoms with van der Waals surface area (Å²) in [5.74, 6) is 0. The Hall–Kier alpha value is -1.90. The number of fused-ring (bicyclic) bond motifs is 3. The van der Waals surface area contributed by atoms with Crippen molar-refractivity contribution >= 4 is 16.6 Å². The average molecular weight is 169 g/mol. The molecule has 0 saturated heterocycles. The molecule has 0 aliphatic rings. The molecule has 62 valence electrons. The monoisotopic (exact) mass is 169 g/mol. The zero-order valence-electron chi connectivity index (χ0n) is 6.88. The van der Waals surface area contributed by atoms with Crippen LogP contribution in [0.25, 0.3) is 16.6 Å². The lowest BCUT2D eigenvalue weighted by Gasteiger charge is -1.92. The molecule has 0 N–H and O–H groups in total. The number of benzene rings is 1. The van der Waals surface area contributed by atoms with Crippen LogP contribution in [0.1, 0.15) is 0 Å². The molecule has 1 aromatic carbocycles. The van der Waals surface area contributed by atoms with Gasteiger partial charge in [0, 0.05) is 11.6 Å². The van der Waals surface area contributed by atoms with Gasteiger partial charge in [-0.3, -0.25) is 4.40 Å². The molecule has 0 radical (unpaired) electrons. The van der Waals surface area contributed by atoms with Crippen LogP contribution in [-0.4, -0.2) is 14.6 Å². The largest absolute Gasteiger partial charge is 0.298 e. The molecule has 0 amide bonds. The molecule has 13 heavy (non-hydrogen) atoms. The van der Waals surface area contributed by atoms with Gasteiger partial charge in [0.2, 0.25) is 0 Å². The Morgan fingerprint density at radius 3 is 3.08 bits per heavy atom. The standard InChI is InChI=1S/C10H7N3/c1-2-4-9-8(3-1)7-10-12-11-5-6-13(9)10/h1-7H. The second kappa shape index (κ2) is 2.29. The lowest BCUT2D eigenvalue weighted by atomic mass is 10.2. The van der Waals surface area contributed by atoms with Crippen molar-refractivity contribution in [3.8, 4) is 0 Å². The number of rotatable bonds is 0. The zero-order valence-corrected chi connectivity index (χ0v) is 6.88. The fourth-order valence-corrected chi connectivity index (χ4v) is 1.58. The van der Waals surface area contributed by atoms with E-state index in [-0.39, 0.29) is 0 Å². The predicted molar refractivity (Wildman–Crippen MR) is 50.5 cm³/mol. The van der Waals surface area contributed by atoms with E-state index in [0.29, 0.717) is 0 Å². The van der Waals surface area contributed by atoms with Crippen LogP contribution in [0.15, 0.2) is 42.7 Å². The number of hydrogen-bond donors (Lipinski definition) is 0. The maximum Gasteiger partial charge on any atom is 0.160 e. The van der Waals surface area contributed by atoms with E-state index in [0.717, 1.165) is 5.65 Å². The van der Waals surface area contributed by atoms with Crippen molar-refractivity contribution in [3.05, 3.63) is 42.7 Å². The zero-order chi connectivity index (χ0) is 8.67. The lowest BCUT2D eigenvalue weighted by Crippen LogP contribution is -1.87. The van der Waals surface area contributed by atoms with Gasteiger partial charge in [0.25, 0.3) is 0 Å². The second-order valence-electron chi connectivity index (χ2n) is 2.94. The van der Waals surface area contributed by atoms with Gasteiger partial charge in [0.15, 0.2) is 5.65 Å². The Labute approximate surface area is 74.6 Å². The average Bonchev–Trinajstić information content (AvgIpc) is 2.56. The molecule has 3 aromatic rings. The van der Waals surface area contributed by atoms with E-state index in [1.807, 2.05) is 28.8 Å². The van der Waals surface area contributed by atoms with Gasteiger partial charge >= 0.3 is 0 Å². The molecule has 2 heterocycles. The van der Waals surface area contributed by atoms with Crippen molar-refractivity contribution in [1.82, 2.24) is 14.6 Å². The molecule has 0 bridgehead atoms. The van der Waals surface area contributed by atoms with Gasteiger partial charge in [-0.25, -0.2) is 0 Å². The Balaban J connectivity index is 2.64. The molecule has 2 aromatic heterocycles. The molecule has 0 spiro atoms. The number of para-hydroxylation sites is 1. The van der Waals surface area contributed by atoms with E-state index >= 15 is 0 Å². The minimum Gasteiger partial charge on any atom is -0.298 e. The van der Waals surface area contributed by atoms with Crippen molar-refractivity contribution in [2.75, 3.05) is 0 Å². The highest BCUT2D eigenvalue weighted by molar-refractivity contribution is 5.85. The van der Waals surface area contributed by atoms with E-state index in [1.165, 1.54) is 10.9 Å². The quantitative estimate of drug-likeness (QED) is 0.514. The molecular weight excluding hydrogens is 162 g/mol. The minimum absolute atomic E-state index is 0.892. The molecule has 0 aliphatic heterocycles. The molecule has 0 saturated carbocycles. The number of aromatic nitrogens is 3. The Kier molecular flexibility index (Phi) is 1.16. The summed E-state index contributed by atoms with van der Waals surface area (Å²) >= 11 is 0. The molecule has 0 aliphatic carbocycles. The second-order valence-corrected chi connectivity index (χ2v) is 2.94. The first-order chi connectivity index (χ1) is 6.45. The van der Waals surface area contributed by atoms with Gasteiger partial charge < -0.3 is 0 Å². The fraction of sp³-hybridized carbons (Fsp3) is 0. The third-order valence-electron chi connectivity index (χ3n) is 2.17. The summed E-state index contributed by atoms with van der Waals surface area (Å²) in [6, 6.07) is 10.2. The molecule has 3 rings (SSSR count). The summed E-state index contributed by atoms with van der Waals surface area (Å²) in [5.41, 5.74) is 2.07. The van der Waals surface area contributed by atoms with Crippen LogP contribution in [0.2, 0.25) is 0 Å². The third-order valence-corrected chi connectivity index (χ3v) is 2.17. The van der Waals surface area contributed by atoms with Gasteiger partial charge in [-0.1, -0.05) is 18.2 Å². The predicted octanol–water partition coefficient (Wildman–Crippen LogP) is 1.88. The molecular formula is C10H7N3. The van der Waals surface area contributed by atoms with Crippen LogP contribution in [0.4, 0.5) is 0 Å². The molecule has 3 nitrogen and oxygen atoms in total. The summed E-state index contributed by atoms with van der Waals surface area (Å²) in [6.45, 7) is 0. The maximum atomic E-state index is 4.03. The van der Waals surface area contributed by atoms with Crippen LogP contribution < -0.4 is 0 Å². The molecule has 0 unspecified atom stereocenters. The SMILES string of the molecule is c1ccc2c(c1)cc1nnccn12. The van der Waals surface area contributed by atoms with Crippen LogP contribution in [0, 0.1) is 0 Å². The van der Waals surface area contributed by atoms with Gasteiger partial charge in [0.1, 0.15) is 0 Å². The molecule has 0 atom stereocenters. The van der Waals surface area contributed by atoms with Gasteiger partial charge in [0.05, 0.1) is 11.7 Å². The van der Waals surface area contributed by atoms with Crippen LogP contribution in [0.3, 0.4) is 0 Å². The highest BCUT2D eigenvalue weighted by Gasteiger charge is 2.00. The van der Waals surface area contributed by atoms with Crippen molar-refractivity contribution in [2.24, 2.45) is 0 Å². The highest BCUT2D eigenvalue weighted by Crippen LogP contribution is 2.16. The highest BCUT2D eigenvalue weighted by atomic mass is 15.2. The van der Waals surface area contributed by atoms with E-state index in [2.05, 4.69) is 22.3 Å². The first-order valence-corrected chi connectivity index (χ1v) is 4.13. The van der Waals surface area contributed by atoms with E-state index in [4.69, 9.17) is 0 Å². The van der Waals surface area contributed by atoms with Crippen molar-refractivity contribution in [2.45, 2.75) is 0 Å². The van der Waals surface area contributed by atoms with Gasteiger partial charge in [-0.15, -0.1) is 5.10 Å². The first kappa shape index (κ1) is 6.60. The minimum atomic E-state index is 0.892. The lowest BCUT2D eigenvalue weighted by molar-refractivity contribution is 0.996. The molecule has 3 heteroatoms. The smallest absolute Gasteiger partial charge is 0.160 e. The third kappa shape index (κ3) is 0.839. The van der Waals surface area contributed by atoms with Crippen molar-refractivity contribution < 1.29 is 0 Å². The van der Waals surface area contributed by atoms with Crippen LogP contribution >= 0.6 is 0 Å². The van der Waals surface area contributed by atoms with Crippen molar-refractivity contribution in [3.63, 3.8) is 0 Å². The first-order valence-electron chi connectivity index (χ1n) is 4.13. The Morgan fingerprint density at radius 1 is 1.15 bits per heavy atom. The maximum absolute atomic E-state index is 4.03. The summed E-state index contributed by atoms with van der Waals surface area (Å²) in [6.07, 6.45) is 3.62. The summed E-state index contributed by atoms with van der Waals surface area (Å²) in [5, 5.41) is 9.07. The fourth-order valence-electron chi connectivity index (χ4n) is 1.58. The van der Waals surface area contributed by atoms with E-state index < -0.39 is 0 Å². The normalized spacial score (nSPS) is 11.1. The van der Waals surface area contributed by atoms with Gasteiger partial charge in [-0.2, -0.15) is 5.10 Å². The number of hydrogen-bond acceptors (Lipinski definition) is 2. The number of nitrogens with zero attached hydrogens (tertiary/aromatic N) is 3. The van der Waals surface area contributed by atoms with Crippen LogP contribution in [0.5, 0.6) is 0 Å². The van der Waals surface area contributed by atoms with Crippen LogP contribution in [-0.2, 0) is 0 Å². The summed E-state index contributed by atoms with van der Waals surface area (Å²) in [4.78, 5) is 0. The van der Waals surface area contributed by atoms with E-state index in [1.54, 1.807) is 6.20 Å². The van der Waals surface area contributed by atoms with Crippen molar-refractivity contribution in [1.29, 1.82) is 0 Å². The summed E-state index contributed by atoms with van der Waals surface area (Å²) < 4.78 is 2.03. The molecule has 0 fully saturated rings. The Morgan fingerprint density at radius 2 is 2.08 bits per heavy atom. The van der Waals surface area contributed by atoms with Gasteiger partial charge in [-0.05, 0) is 12.1 Å².